The SMILES string of the molecule is CC(C)(C)OC(=O)CCCCCSc1ccccc1. The lowest BCUT2D eigenvalue weighted by Crippen LogP contribution is -2.23. The van der Waals surface area contributed by atoms with Crippen molar-refractivity contribution in [2.24, 2.45) is 0 Å². The van der Waals surface area contributed by atoms with Crippen molar-refractivity contribution in [1.29, 1.82) is 0 Å². The summed E-state index contributed by atoms with van der Waals surface area (Å²) in [4.78, 5) is 12.8. The van der Waals surface area contributed by atoms with Crippen LogP contribution in [0.15, 0.2) is 35.2 Å². The minimum atomic E-state index is -0.361. The Morgan fingerprint density at radius 1 is 1.11 bits per heavy atom. The van der Waals surface area contributed by atoms with Gasteiger partial charge in [-0.15, -0.1) is 11.8 Å². The molecule has 2 nitrogen and oxygen atoms in total. The lowest BCUT2D eigenvalue weighted by atomic mass is 10.2. The molecule has 0 saturated heterocycles. The number of unbranched alkanes of at least 4 members (excludes halogenated alkanes) is 2. The summed E-state index contributed by atoms with van der Waals surface area (Å²) in [6, 6.07) is 10.4. The average molecular weight is 280 g/mol. The number of rotatable bonds is 7. The monoisotopic (exact) mass is 280 g/mol. The fraction of sp³-hybridized carbons (Fsp3) is 0.562. The van der Waals surface area contributed by atoms with Gasteiger partial charge in [-0.05, 0) is 51.5 Å². The van der Waals surface area contributed by atoms with E-state index in [0.29, 0.717) is 6.42 Å². The predicted octanol–water partition coefficient (Wildman–Crippen LogP) is 4.68. The van der Waals surface area contributed by atoms with Gasteiger partial charge in [-0.1, -0.05) is 24.6 Å². The Balaban J connectivity index is 2.01. The van der Waals surface area contributed by atoms with E-state index >= 15 is 0 Å². The number of benzene rings is 1. The molecule has 3 heteroatoms. The van der Waals surface area contributed by atoms with Gasteiger partial charge in [0, 0.05) is 11.3 Å². The zero-order valence-electron chi connectivity index (χ0n) is 12.1. The van der Waals surface area contributed by atoms with Crippen LogP contribution in [0.1, 0.15) is 46.5 Å². The van der Waals surface area contributed by atoms with Crippen molar-refractivity contribution in [3.05, 3.63) is 30.3 Å². The molecular weight excluding hydrogens is 256 g/mol. The van der Waals surface area contributed by atoms with Crippen molar-refractivity contribution < 1.29 is 9.53 Å². The van der Waals surface area contributed by atoms with E-state index < -0.39 is 0 Å². The summed E-state index contributed by atoms with van der Waals surface area (Å²) >= 11 is 1.87. The predicted molar refractivity (Wildman–Crippen MR) is 81.5 cm³/mol. The molecule has 0 aromatic heterocycles. The van der Waals surface area contributed by atoms with Gasteiger partial charge in [-0.2, -0.15) is 0 Å². The van der Waals surface area contributed by atoms with Crippen LogP contribution in [0.5, 0.6) is 0 Å². The maximum absolute atomic E-state index is 11.5. The van der Waals surface area contributed by atoms with Crippen LogP contribution in [-0.2, 0) is 9.53 Å². The molecule has 0 aliphatic heterocycles. The topological polar surface area (TPSA) is 26.3 Å². The maximum atomic E-state index is 11.5. The van der Waals surface area contributed by atoms with Gasteiger partial charge in [-0.3, -0.25) is 4.79 Å². The normalized spacial score (nSPS) is 11.3. The van der Waals surface area contributed by atoms with Gasteiger partial charge in [0.25, 0.3) is 0 Å². The van der Waals surface area contributed by atoms with Crippen molar-refractivity contribution >= 4 is 17.7 Å². The Morgan fingerprint density at radius 3 is 2.42 bits per heavy atom. The molecule has 0 saturated carbocycles. The van der Waals surface area contributed by atoms with E-state index in [4.69, 9.17) is 4.74 Å². The second-order valence-corrected chi connectivity index (χ2v) is 6.73. The highest BCUT2D eigenvalue weighted by Gasteiger charge is 2.15. The third-order valence-corrected chi connectivity index (χ3v) is 3.56. The van der Waals surface area contributed by atoms with E-state index in [9.17, 15) is 4.79 Å². The zero-order valence-corrected chi connectivity index (χ0v) is 13.0. The van der Waals surface area contributed by atoms with Crippen molar-refractivity contribution in [3.63, 3.8) is 0 Å². The van der Waals surface area contributed by atoms with Gasteiger partial charge in [0.2, 0.25) is 0 Å². The molecule has 0 amide bonds. The Morgan fingerprint density at radius 2 is 1.79 bits per heavy atom. The van der Waals surface area contributed by atoms with E-state index in [1.165, 1.54) is 4.90 Å². The van der Waals surface area contributed by atoms with Crippen LogP contribution in [0.25, 0.3) is 0 Å². The Labute approximate surface area is 120 Å². The van der Waals surface area contributed by atoms with Gasteiger partial charge in [0.05, 0.1) is 0 Å². The fourth-order valence-corrected chi connectivity index (χ4v) is 2.58. The van der Waals surface area contributed by atoms with Gasteiger partial charge in [0.1, 0.15) is 5.60 Å². The molecular formula is C16H24O2S. The molecule has 0 heterocycles. The molecule has 0 atom stereocenters. The average Bonchev–Trinajstić information content (AvgIpc) is 2.32. The second kappa shape index (κ2) is 8.26. The molecule has 0 spiro atoms. The highest BCUT2D eigenvalue weighted by Crippen LogP contribution is 2.19. The van der Waals surface area contributed by atoms with Gasteiger partial charge < -0.3 is 4.74 Å². The molecule has 0 radical (unpaired) electrons. The highest BCUT2D eigenvalue weighted by molar-refractivity contribution is 7.99. The Bertz CT molecular complexity index is 368. The van der Waals surface area contributed by atoms with Crippen LogP contribution in [0.2, 0.25) is 0 Å². The Kier molecular flexibility index (Phi) is 7.00. The van der Waals surface area contributed by atoms with Crippen LogP contribution in [0, 0.1) is 0 Å². The highest BCUT2D eigenvalue weighted by atomic mass is 32.2. The van der Waals surface area contributed by atoms with E-state index in [-0.39, 0.29) is 11.6 Å². The summed E-state index contributed by atoms with van der Waals surface area (Å²) in [5.74, 6) is 1.03. The summed E-state index contributed by atoms with van der Waals surface area (Å²) in [5, 5.41) is 0. The van der Waals surface area contributed by atoms with Crippen molar-refractivity contribution in [2.45, 2.75) is 57.0 Å². The second-order valence-electron chi connectivity index (χ2n) is 5.56. The minimum absolute atomic E-state index is 0.0804. The molecule has 19 heavy (non-hydrogen) atoms. The van der Waals surface area contributed by atoms with Crippen LogP contribution in [-0.4, -0.2) is 17.3 Å². The summed E-state index contributed by atoms with van der Waals surface area (Å²) in [6.45, 7) is 5.71. The third kappa shape index (κ3) is 8.71. The van der Waals surface area contributed by atoms with Gasteiger partial charge in [0.15, 0.2) is 0 Å². The molecule has 106 valence electrons. The molecule has 0 bridgehead atoms. The van der Waals surface area contributed by atoms with Crippen molar-refractivity contribution in [3.8, 4) is 0 Å². The number of hydrogen-bond donors (Lipinski definition) is 0. The molecule has 0 fully saturated rings. The minimum Gasteiger partial charge on any atom is -0.460 e. The van der Waals surface area contributed by atoms with Crippen molar-refractivity contribution in [2.75, 3.05) is 5.75 Å². The first-order chi connectivity index (χ1) is 8.97. The zero-order chi connectivity index (χ0) is 14.1. The van der Waals surface area contributed by atoms with Crippen molar-refractivity contribution in [1.82, 2.24) is 0 Å². The van der Waals surface area contributed by atoms with Crippen LogP contribution in [0.4, 0.5) is 0 Å². The van der Waals surface area contributed by atoms with E-state index in [1.54, 1.807) is 0 Å². The fourth-order valence-electron chi connectivity index (χ4n) is 1.65. The summed E-state index contributed by atoms with van der Waals surface area (Å²) < 4.78 is 5.27. The lowest BCUT2D eigenvalue weighted by molar-refractivity contribution is -0.154. The smallest absolute Gasteiger partial charge is 0.306 e. The molecule has 1 aromatic rings. The quantitative estimate of drug-likeness (QED) is 0.412. The van der Waals surface area contributed by atoms with E-state index in [1.807, 2.05) is 38.6 Å². The van der Waals surface area contributed by atoms with Crippen LogP contribution in [0.3, 0.4) is 0 Å². The van der Waals surface area contributed by atoms with Crippen LogP contribution >= 0.6 is 11.8 Å². The largest absolute Gasteiger partial charge is 0.460 e. The summed E-state index contributed by atoms with van der Waals surface area (Å²) in [5.41, 5.74) is -0.361. The number of hydrogen-bond acceptors (Lipinski definition) is 3. The van der Waals surface area contributed by atoms with E-state index in [2.05, 4.69) is 24.3 Å². The van der Waals surface area contributed by atoms with E-state index in [0.717, 1.165) is 25.0 Å². The van der Waals surface area contributed by atoms with Gasteiger partial charge >= 0.3 is 5.97 Å². The summed E-state index contributed by atoms with van der Waals surface area (Å²) in [7, 11) is 0. The molecule has 1 rings (SSSR count). The third-order valence-electron chi connectivity index (χ3n) is 2.46. The molecule has 0 aliphatic rings. The van der Waals surface area contributed by atoms with Gasteiger partial charge in [-0.25, -0.2) is 0 Å². The number of thioether (sulfide) groups is 1. The maximum Gasteiger partial charge on any atom is 0.306 e. The van der Waals surface area contributed by atoms with Crippen LogP contribution < -0.4 is 0 Å². The standard InChI is InChI=1S/C16H24O2S/c1-16(2,3)18-15(17)12-8-5-9-13-19-14-10-6-4-7-11-14/h4,6-7,10-11H,5,8-9,12-13H2,1-3H3. The first-order valence-electron chi connectivity index (χ1n) is 6.87. The first-order valence-corrected chi connectivity index (χ1v) is 7.86. The number of carbonyl (C=O) groups excluding carboxylic acids is 1. The molecule has 0 N–H and O–H groups in total. The summed E-state index contributed by atoms with van der Waals surface area (Å²) in [6.07, 6.45) is 3.68. The molecule has 1 aromatic carbocycles. The number of esters is 1. The number of carbonyl (C=O) groups is 1. The number of ether oxygens (including phenoxy) is 1. The lowest BCUT2D eigenvalue weighted by Gasteiger charge is -2.19. The Hall–Kier alpha value is -0.960. The first kappa shape index (κ1) is 16.1. The molecule has 0 unspecified atom stereocenters. The molecule has 0 aliphatic carbocycles.